The predicted octanol–water partition coefficient (Wildman–Crippen LogP) is 2.90. The minimum atomic E-state index is -3.94. The fourth-order valence-electron chi connectivity index (χ4n) is 2.46. The zero-order valence-electron chi connectivity index (χ0n) is 16.1. The summed E-state index contributed by atoms with van der Waals surface area (Å²) in [4.78, 5) is -0.105. The molecule has 2 N–H and O–H groups in total. The Morgan fingerprint density at radius 3 is 2.07 bits per heavy atom. The van der Waals surface area contributed by atoms with Gasteiger partial charge in [-0.15, -0.1) is 0 Å². The molecule has 8 nitrogen and oxygen atoms in total. The summed E-state index contributed by atoms with van der Waals surface area (Å²) in [6.07, 6.45) is 0. The van der Waals surface area contributed by atoms with Crippen LogP contribution >= 0.6 is 0 Å². The van der Waals surface area contributed by atoms with Crippen LogP contribution in [0, 0.1) is 5.92 Å². The molecule has 154 valence electrons. The molecule has 0 saturated carbocycles. The van der Waals surface area contributed by atoms with Crippen LogP contribution in [0.1, 0.15) is 13.8 Å². The number of hydrogen-bond acceptors (Lipinski definition) is 6. The minimum absolute atomic E-state index is 0.0563. The van der Waals surface area contributed by atoms with Crippen molar-refractivity contribution in [1.29, 1.82) is 0 Å². The first-order valence-corrected chi connectivity index (χ1v) is 11.6. The number of anilines is 2. The van der Waals surface area contributed by atoms with Gasteiger partial charge in [-0.1, -0.05) is 13.8 Å². The first-order chi connectivity index (χ1) is 13.1. The Morgan fingerprint density at radius 1 is 0.893 bits per heavy atom. The summed E-state index contributed by atoms with van der Waals surface area (Å²) in [5.41, 5.74) is 0.402. The smallest absolute Gasteiger partial charge is 0.261 e. The molecule has 0 aliphatic carbocycles. The number of benzene rings is 2. The number of rotatable bonds is 9. The van der Waals surface area contributed by atoms with Crippen LogP contribution in [0.2, 0.25) is 0 Å². The number of sulfonamides is 2. The van der Waals surface area contributed by atoms with E-state index >= 15 is 0 Å². The average Bonchev–Trinajstić information content (AvgIpc) is 2.60. The molecule has 0 aliphatic rings. The van der Waals surface area contributed by atoms with E-state index < -0.39 is 20.0 Å². The molecule has 0 aromatic heterocycles. The molecule has 0 amide bonds. The normalized spacial score (nSPS) is 11.9. The van der Waals surface area contributed by atoms with E-state index in [9.17, 15) is 16.8 Å². The molecule has 0 unspecified atom stereocenters. The van der Waals surface area contributed by atoms with E-state index in [1.165, 1.54) is 32.4 Å². The molecule has 0 spiro atoms. The van der Waals surface area contributed by atoms with E-state index in [1.807, 2.05) is 0 Å². The van der Waals surface area contributed by atoms with Crippen molar-refractivity contribution in [2.75, 3.05) is 29.4 Å². The van der Waals surface area contributed by atoms with Crippen molar-refractivity contribution >= 4 is 31.4 Å². The van der Waals surface area contributed by atoms with Crippen LogP contribution < -0.4 is 18.9 Å². The number of hydrogen-bond donors (Lipinski definition) is 2. The highest BCUT2D eigenvalue weighted by atomic mass is 32.2. The van der Waals surface area contributed by atoms with Gasteiger partial charge in [0, 0.05) is 5.69 Å². The largest absolute Gasteiger partial charge is 0.497 e. The van der Waals surface area contributed by atoms with Crippen LogP contribution in [0.4, 0.5) is 11.4 Å². The number of methoxy groups -OCH3 is 2. The van der Waals surface area contributed by atoms with E-state index in [0.717, 1.165) is 0 Å². The second-order valence-corrected chi connectivity index (χ2v) is 9.92. The summed E-state index contributed by atoms with van der Waals surface area (Å²) in [6, 6.07) is 10.3. The number of ether oxygens (including phenoxy) is 2. The molecule has 0 heterocycles. The maximum Gasteiger partial charge on any atom is 0.261 e. The van der Waals surface area contributed by atoms with Crippen molar-refractivity contribution in [3.05, 3.63) is 42.5 Å². The van der Waals surface area contributed by atoms with Crippen LogP contribution in [-0.4, -0.2) is 36.8 Å². The third-order valence-electron chi connectivity index (χ3n) is 3.64. The SMILES string of the molecule is COc1ccc(NS(=O)(=O)c2ccc(OC)c(NS(=O)(=O)CC(C)C)c2)cc1. The topological polar surface area (TPSA) is 111 Å². The summed E-state index contributed by atoms with van der Waals surface area (Å²) < 4.78 is 64.9. The summed E-state index contributed by atoms with van der Waals surface area (Å²) >= 11 is 0. The van der Waals surface area contributed by atoms with Gasteiger partial charge in [-0.25, -0.2) is 16.8 Å². The Morgan fingerprint density at radius 2 is 1.54 bits per heavy atom. The molecule has 2 aromatic rings. The van der Waals surface area contributed by atoms with Crippen LogP contribution in [-0.2, 0) is 20.0 Å². The highest BCUT2D eigenvalue weighted by Crippen LogP contribution is 2.29. The molecular weight excluding hydrogens is 404 g/mol. The Hall–Kier alpha value is -2.46. The Balaban J connectivity index is 2.34. The Bertz CT molecular complexity index is 1020. The van der Waals surface area contributed by atoms with Crippen LogP contribution in [0.3, 0.4) is 0 Å². The number of nitrogens with one attached hydrogen (secondary N) is 2. The van der Waals surface area contributed by atoms with Crippen molar-refractivity contribution in [3.8, 4) is 11.5 Å². The van der Waals surface area contributed by atoms with Gasteiger partial charge in [-0.3, -0.25) is 9.44 Å². The summed E-state index contributed by atoms with van der Waals surface area (Å²) in [7, 11) is -4.71. The monoisotopic (exact) mass is 428 g/mol. The maximum atomic E-state index is 12.7. The highest BCUT2D eigenvalue weighted by Gasteiger charge is 2.20. The fourth-order valence-corrected chi connectivity index (χ4v) is 5.00. The summed E-state index contributed by atoms with van der Waals surface area (Å²) in [5.74, 6) is 0.620. The standard InChI is InChI=1S/C18H24N2O6S2/c1-13(2)12-27(21,22)20-17-11-16(9-10-18(17)26-4)28(23,24)19-14-5-7-15(25-3)8-6-14/h5-11,13,19-20H,12H2,1-4H3. The third kappa shape index (κ3) is 5.77. The van der Waals surface area contributed by atoms with Crippen LogP contribution in [0.5, 0.6) is 11.5 Å². The molecule has 0 bridgehead atoms. The predicted molar refractivity (Wildman–Crippen MR) is 109 cm³/mol. The maximum absolute atomic E-state index is 12.7. The first-order valence-electron chi connectivity index (χ1n) is 8.41. The van der Waals surface area contributed by atoms with E-state index in [4.69, 9.17) is 9.47 Å². The van der Waals surface area contributed by atoms with Gasteiger partial charge < -0.3 is 9.47 Å². The zero-order chi connectivity index (χ0) is 20.9. The molecule has 2 rings (SSSR count). The van der Waals surface area contributed by atoms with Gasteiger partial charge in [-0.2, -0.15) is 0 Å². The molecule has 2 aromatic carbocycles. The zero-order valence-corrected chi connectivity index (χ0v) is 17.7. The quantitative estimate of drug-likeness (QED) is 0.635. The van der Waals surface area contributed by atoms with Gasteiger partial charge in [0.25, 0.3) is 10.0 Å². The van der Waals surface area contributed by atoms with Gasteiger partial charge in [0.05, 0.1) is 30.6 Å². The highest BCUT2D eigenvalue weighted by molar-refractivity contribution is 7.93. The van der Waals surface area contributed by atoms with E-state index in [1.54, 1.807) is 38.1 Å². The van der Waals surface area contributed by atoms with E-state index in [0.29, 0.717) is 11.4 Å². The van der Waals surface area contributed by atoms with Crippen LogP contribution in [0.25, 0.3) is 0 Å². The van der Waals surface area contributed by atoms with Gasteiger partial charge in [0.15, 0.2) is 0 Å². The molecule has 0 atom stereocenters. The van der Waals surface area contributed by atoms with Crippen LogP contribution in [0.15, 0.2) is 47.4 Å². The van der Waals surface area contributed by atoms with E-state index in [2.05, 4.69) is 9.44 Å². The lowest BCUT2D eigenvalue weighted by Gasteiger charge is -2.15. The second kappa shape index (κ2) is 8.70. The van der Waals surface area contributed by atoms with Crippen molar-refractivity contribution in [2.45, 2.75) is 18.7 Å². The van der Waals surface area contributed by atoms with Crippen molar-refractivity contribution in [1.82, 2.24) is 0 Å². The van der Waals surface area contributed by atoms with Gasteiger partial charge in [-0.05, 0) is 48.4 Å². The second-order valence-electron chi connectivity index (χ2n) is 6.47. The minimum Gasteiger partial charge on any atom is -0.497 e. The van der Waals surface area contributed by atoms with Gasteiger partial charge in [0.2, 0.25) is 10.0 Å². The Labute approximate surface area is 166 Å². The molecular formula is C18H24N2O6S2. The molecule has 0 saturated heterocycles. The lowest BCUT2D eigenvalue weighted by atomic mass is 10.3. The fraction of sp³-hybridized carbons (Fsp3) is 0.333. The third-order valence-corrected chi connectivity index (χ3v) is 6.66. The molecule has 28 heavy (non-hydrogen) atoms. The lowest BCUT2D eigenvalue weighted by molar-refractivity contribution is 0.415. The Kier molecular flexibility index (Phi) is 6.78. The summed E-state index contributed by atoms with van der Waals surface area (Å²) in [6.45, 7) is 3.55. The van der Waals surface area contributed by atoms with Crippen molar-refractivity contribution in [2.24, 2.45) is 5.92 Å². The first kappa shape index (κ1) is 21.8. The average molecular weight is 429 g/mol. The van der Waals surface area contributed by atoms with Gasteiger partial charge in [0.1, 0.15) is 11.5 Å². The van der Waals surface area contributed by atoms with Crippen molar-refractivity contribution in [3.63, 3.8) is 0 Å². The van der Waals surface area contributed by atoms with Gasteiger partial charge >= 0.3 is 0 Å². The molecule has 0 aliphatic heterocycles. The molecule has 10 heteroatoms. The summed E-state index contributed by atoms with van der Waals surface area (Å²) in [5, 5.41) is 0. The molecule has 0 radical (unpaired) electrons. The van der Waals surface area contributed by atoms with Crippen molar-refractivity contribution < 1.29 is 26.3 Å². The molecule has 0 fully saturated rings. The lowest BCUT2D eigenvalue weighted by Crippen LogP contribution is -2.21. The van der Waals surface area contributed by atoms with E-state index in [-0.39, 0.29) is 28.0 Å².